The second kappa shape index (κ2) is 12.7. The molecule has 212 valence electrons. The molecular formula is C28H30F2N4O6. The molecule has 2 heterocycles. The Balaban J connectivity index is 1.44. The van der Waals surface area contributed by atoms with E-state index in [-0.39, 0.29) is 55.1 Å². The van der Waals surface area contributed by atoms with E-state index in [0.717, 1.165) is 18.4 Å². The number of hydrogen-bond donors (Lipinski definition) is 0. The Kier molecular flexibility index (Phi) is 9.14. The topological polar surface area (TPSA) is 122 Å². The van der Waals surface area contributed by atoms with Crippen LogP contribution in [0.3, 0.4) is 0 Å². The lowest BCUT2D eigenvalue weighted by molar-refractivity contribution is -0.154. The van der Waals surface area contributed by atoms with Gasteiger partial charge in [0, 0.05) is 26.4 Å². The number of hydrogen-bond acceptors (Lipinski definition) is 8. The van der Waals surface area contributed by atoms with Gasteiger partial charge in [-0.3, -0.25) is 9.59 Å². The van der Waals surface area contributed by atoms with Crippen molar-refractivity contribution in [2.24, 2.45) is 5.92 Å². The second-order valence-corrected chi connectivity index (χ2v) is 9.90. The first kappa shape index (κ1) is 28.7. The van der Waals surface area contributed by atoms with Gasteiger partial charge in [-0.25, -0.2) is 9.78 Å². The summed E-state index contributed by atoms with van der Waals surface area (Å²) in [7, 11) is 1.48. The first-order valence-electron chi connectivity index (χ1n) is 12.9. The molecule has 1 aromatic carbocycles. The number of carbonyl (C=O) groups is 3. The lowest BCUT2D eigenvalue weighted by Crippen LogP contribution is -2.40. The van der Waals surface area contributed by atoms with Crippen LogP contribution >= 0.6 is 0 Å². The maximum Gasteiger partial charge on any atom is 0.387 e. The Hall–Kier alpha value is -4.27. The van der Waals surface area contributed by atoms with Crippen LogP contribution in [0.15, 0.2) is 36.4 Å². The zero-order chi connectivity index (χ0) is 28.8. The fourth-order valence-corrected chi connectivity index (χ4v) is 4.52. The van der Waals surface area contributed by atoms with E-state index in [1.54, 1.807) is 24.3 Å². The van der Waals surface area contributed by atoms with Crippen LogP contribution in [0, 0.1) is 17.2 Å². The highest BCUT2D eigenvalue weighted by molar-refractivity contribution is 5.92. The van der Waals surface area contributed by atoms with Crippen molar-refractivity contribution >= 4 is 17.8 Å². The van der Waals surface area contributed by atoms with Crippen LogP contribution in [0.4, 0.5) is 8.78 Å². The molecule has 2 amide bonds. The molecule has 1 aliphatic heterocycles. The number of alkyl halides is 2. The highest BCUT2D eigenvalue weighted by atomic mass is 19.3. The van der Waals surface area contributed by atoms with E-state index in [0.29, 0.717) is 18.2 Å². The van der Waals surface area contributed by atoms with Gasteiger partial charge in [0.1, 0.15) is 24.9 Å². The number of amides is 2. The van der Waals surface area contributed by atoms with E-state index in [2.05, 4.69) is 9.72 Å². The summed E-state index contributed by atoms with van der Waals surface area (Å²) in [5.41, 5.74) is 1.17. The average Bonchev–Trinajstić information content (AvgIpc) is 3.65. The van der Waals surface area contributed by atoms with Gasteiger partial charge >= 0.3 is 12.6 Å². The normalized spacial score (nSPS) is 18.2. The van der Waals surface area contributed by atoms with Crippen molar-refractivity contribution in [3.05, 3.63) is 53.3 Å². The number of nitrogens with zero attached hydrogens (tertiary/aromatic N) is 4. The Morgan fingerprint density at radius 1 is 1.20 bits per heavy atom. The average molecular weight is 557 g/mol. The Labute approximate surface area is 230 Å². The van der Waals surface area contributed by atoms with Crippen LogP contribution < -0.4 is 9.47 Å². The summed E-state index contributed by atoms with van der Waals surface area (Å²) in [5.74, 6) is -1.11. The van der Waals surface area contributed by atoms with Gasteiger partial charge in [-0.05, 0) is 55.0 Å². The van der Waals surface area contributed by atoms with E-state index in [9.17, 15) is 23.2 Å². The predicted octanol–water partition coefficient (Wildman–Crippen LogP) is 3.52. The summed E-state index contributed by atoms with van der Waals surface area (Å²) < 4.78 is 41.7. The van der Waals surface area contributed by atoms with Gasteiger partial charge in [-0.1, -0.05) is 12.1 Å². The molecular weight excluding hydrogens is 526 g/mol. The molecule has 0 N–H and O–H groups in total. The number of pyridine rings is 1. The van der Waals surface area contributed by atoms with E-state index in [1.807, 2.05) is 6.07 Å². The summed E-state index contributed by atoms with van der Waals surface area (Å²) in [6, 6.07) is 10.4. The number of benzene rings is 1. The van der Waals surface area contributed by atoms with Crippen LogP contribution in [-0.4, -0.2) is 72.0 Å². The maximum absolute atomic E-state index is 13.1. The zero-order valence-corrected chi connectivity index (χ0v) is 22.2. The van der Waals surface area contributed by atoms with Crippen molar-refractivity contribution in [2.75, 3.05) is 26.7 Å². The van der Waals surface area contributed by atoms with Crippen molar-refractivity contribution in [3.63, 3.8) is 0 Å². The third-order valence-electron chi connectivity index (χ3n) is 6.85. The summed E-state index contributed by atoms with van der Waals surface area (Å²) in [6.45, 7) is -1.31. The molecule has 10 nitrogen and oxygen atoms in total. The first-order valence-corrected chi connectivity index (χ1v) is 12.9. The molecule has 1 saturated heterocycles. The fraction of sp³-hybridized carbons (Fsp3) is 0.464. The van der Waals surface area contributed by atoms with Gasteiger partial charge in [0.2, 0.25) is 5.91 Å². The van der Waals surface area contributed by atoms with Crippen LogP contribution in [0.1, 0.15) is 53.8 Å². The van der Waals surface area contributed by atoms with Crippen LogP contribution in [-0.2, 0) is 20.9 Å². The largest absolute Gasteiger partial charge is 0.489 e. The van der Waals surface area contributed by atoms with Crippen molar-refractivity contribution < 1.29 is 37.4 Å². The van der Waals surface area contributed by atoms with Crippen LogP contribution in [0.25, 0.3) is 0 Å². The Morgan fingerprint density at radius 2 is 1.98 bits per heavy atom. The lowest BCUT2D eigenvalue weighted by atomic mass is 9.96. The molecule has 12 heteroatoms. The third-order valence-corrected chi connectivity index (χ3v) is 6.85. The van der Waals surface area contributed by atoms with E-state index >= 15 is 0 Å². The number of nitriles is 1. The molecule has 0 radical (unpaired) electrons. The number of esters is 1. The van der Waals surface area contributed by atoms with E-state index in [1.165, 1.54) is 35.9 Å². The first-order chi connectivity index (χ1) is 19.2. The second-order valence-electron chi connectivity index (χ2n) is 9.90. The SMILES string of the molecule is CC(=O)N1CC(c2ccc(OC(F)F)c(OCC3CC3)c2)C[C@@H]1C(=O)OCc1cccc(C(=O)N(C)CC#N)n1. The number of aromatic nitrogens is 1. The van der Waals surface area contributed by atoms with E-state index < -0.39 is 24.5 Å². The lowest BCUT2D eigenvalue weighted by Gasteiger charge is -2.21. The maximum atomic E-state index is 13.1. The summed E-state index contributed by atoms with van der Waals surface area (Å²) >= 11 is 0. The highest BCUT2D eigenvalue weighted by Crippen LogP contribution is 2.39. The Morgan fingerprint density at radius 3 is 2.65 bits per heavy atom. The van der Waals surface area contributed by atoms with Crippen LogP contribution in [0.5, 0.6) is 11.5 Å². The molecule has 0 bridgehead atoms. The number of rotatable bonds is 11. The van der Waals surface area contributed by atoms with Crippen molar-refractivity contribution in [1.82, 2.24) is 14.8 Å². The molecule has 2 aromatic rings. The van der Waals surface area contributed by atoms with Gasteiger partial charge in [-0.15, -0.1) is 0 Å². The van der Waals surface area contributed by atoms with Crippen molar-refractivity contribution in [2.45, 2.75) is 51.4 Å². The zero-order valence-electron chi connectivity index (χ0n) is 22.2. The fourth-order valence-electron chi connectivity index (χ4n) is 4.52. The summed E-state index contributed by atoms with van der Waals surface area (Å²) in [6.07, 6.45) is 2.32. The van der Waals surface area contributed by atoms with E-state index in [4.69, 9.17) is 14.7 Å². The van der Waals surface area contributed by atoms with Gasteiger partial charge in [-0.2, -0.15) is 14.0 Å². The van der Waals surface area contributed by atoms with Crippen molar-refractivity contribution in [1.29, 1.82) is 5.26 Å². The highest BCUT2D eigenvalue weighted by Gasteiger charge is 2.40. The van der Waals surface area contributed by atoms with Crippen LogP contribution in [0.2, 0.25) is 0 Å². The van der Waals surface area contributed by atoms with Gasteiger partial charge in [0.05, 0.1) is 18.4 Å². The van der Waals surface area contributed by atoms with Gasteiger partial charge in [0.25, 0.3) is 5.91 Å². The minimum Gasteiger partial charge on any atom is -0.489 e. The standard InChI is InChI=1S/C28H30F2N4O6/c1-17(35)34-14-20(19-8-9-24(40-28(29)30)25(13-19)38-15-18-6-7-18)12-23(34)27(37)39-16-21-4-3-5-22(32-21)26(36)33(2)11-10-31/h3-5,8-9,13,18,20,23,28H,6-7,11-12,14-16H2,1-2H3/t20?,23-/m1/s1. The molecule has 0 spiro atoms. The molecule has 4 rings (SSSR count). The molecule has 1 unspecified atom stereocenters. The Bertz CT molecular complexity index is 1300. The minimum atomic E-state index is -3.00. The summed E-state index contributed by atoms with van der Waals surface area (Å²) in [5, 5.41) is 8.80. The molecule has 1 aliphatic carbocycles. The number of ether oxygens (including phenoxy) is 3. The monoisotopic (exact) mass is 556 g/mol. The number of likely N-dealkylation sites (tertiary alicyclic amines) is 1. The van der Waals surface area contributed by atoms with Crippen molar-refractivity contribution in [3.8, 4) is 17.6 Å². The molecule has 1 aromatic heterocycles. The quantitative estimate of drug-likeness (QED) is 0.305. The number of halogens is 2. The third kappa shape index (κ3) is 7.22. The summed E-state index contributed by atoms with van der Waals surface area (Å²) in [4.78, 5) is 44.7. The molecule has 2 atom stereocenters. The van der Waals surface area contributed by atoms with Gasteiger partial charge < -0.3 is 24.0 Å². The molecule has 1 saturated carbocycles. The smallest absolute Gasteiger partial charge is 0.387 e. The molecule has 40 heavy (non-hydrogen) atoms. The molecule has 2 fully saturated rings. The predicted molar refractivity (Wildman–Crippen MR) is 136 cm³/mol. The van der Waals surface area contributed by atoms with Gasteiger partial charge in [0.15, 0.2) is 11.5 Å². The number of carbonyl (C=O) groups excluding carboxylic acids is 3. The molecule has 2 aliphatic rings. The minimum absolute atomic E-state index is 0.0659.